The zero-order valence-electron chi connectivity index (χ0n) is 6.22. The largest absolute Gasteiger partial charge is 0.356 e. The maximum absolute atomic E-state index is 10.3. The second-order valence-electron chi connectivity index (χ2n) is 1.95. The second-order valence-corrected chi connectivity index (χ2v) is 2.44. The Hall–Kier alpha value is -1.01. The van der Waals surface area contributed by atoms with Crippen LogP contribution in [0.15, 0.2) is 11.1 Å². The van der Waals surface area contributed by atoms with E-state index in [1.807, 2.05) is 0 Å². The third kappa shape index (κ3) is 6.88. The summed E-state index contributed by atoms with van der Waals surface area (Å²) < 4.78 is 0. The van der Waals surface area contributed by atoms with E-state index in [-0.39, 0.29) is 5.91 Å². The Balaban J connectivity index is 3.48. The topological polar surface area (TPSA) is 52.9 Å². The summed E-state index contributed by atoms with van der Waals surface area (Å²) in [6.45, 7) is 1.91. The summed E-state index contributed by atoms with van der Waals surface area (Å²) in [5.41, 5.74) is 0. The minimum atomic E-state index is -0.0913. The monoisotopic (exact) mass is 172 g/mol. The highest BCUT2D eigenvalue weighted by atomic mass is 35.5. The van der Waals surface area contributed by atoms with Gasteiger partial charge in [-0.15, -0.1) is 0 Å². The van der Waals surface area contributed by atoms with Crippen molar-refractivity contribution in [3.63, 3.8) is 0 Å². The average molecular weight is 173 g/mol. The number of hydrogen-bond donors (Lipinski definition) is 1. The lowest BCUT2D eigenvalue weighted by Gasteiger charge is -1.98. The molecule has 0 rings (SSSR count). The van der Waals surface area contributed by atoms with Crippen LogP contribution in [0, 0.1) is 11.3 Å². The minimum absolute atomic E-state index is 0.0913. The Morgan fingerprint density at radius 1 is 1.82 bits per heavy atom. The van der Waals surface area contributed by atoms with E-state index in [2.05, 4.69) is 5.32 Å². The van der Waals surface area contributed by atoms with Crippen LogP contribution in [0.3, 0.4) is 0 Å². The van der Waals surface area contributed by atoms with Crippen LogP contribution in [0.5, 0.6) is 0 Å². The predicted molar refractivity (Wildman–Crippen MR) is 42.8 cm³/mol. The zero-order valence-corrected chi connectivity index (χ0v) is 6.98. The second kappa shape index (κ2) is 5.75. The molecule has 0 aromatic carbocycles. The molecular formula is C7H9ClN2O. The smallest absolute Gasteiger partial charge is 0.216 e. The number of carbonyl (C=O) groups excluding carboxylic acids is 1. The predicted octanol–water partition coefficient (Wildman–Crippen LogP) is 1.16. The van der Waals surface area contributed by atoms with E-state index < -0.39 is 0 Å². The molecule has 0 heterocycles. The molecule has 4 heteroatoms. The van der Waals surface area contributed by atoms with Gasteiger partial charge in [0, 0.05) is 31.0 Å². The fourth-order valence-electron chi connectivity index (χ4n) is 0.500. The van der Waals surface area contributed by atoms with Crippen LogP contribution >= 0.6 is 11.6 Å². The number of nitrogens with zero attached hydrogens (tertiary/aromatic N) is 1. The number of allylic oxidation sites excluding steroid dienone is 1. The van der Waals surface area contributed by atoms with Gasteiger partial charge in [-0.2, -0.15) is 5.26 Å². The van der Waals surface area contributed by atoms with Crippen LogP contribution in [0.2, 0.25) is 0 Å². The van der Waals surface area contributed by atoms with Crippen molar-refractivity contribution in [2.45, 2.75) is 13.3 Å². The Labute approximate surface area is 70.6 Å². The van der Waals surface area contributed by atoms with Gasteiger partial charge in [0.1, 0.15) is 0 Å². The molecule has 0 fully saturated rings. The van der Waals surface area contributed by atoms with Crippen LogP contribution in [-0.4, -0.2) is 12.5 Å². The van der Waals surface area contributed by atoms with Crippen molar-refractivity contribution < 1.29 is 4.79 Å². The molecule has 0 aliphatic carbocycles. The molecule has 0 spiro atoms. The number of nitrogens with one attached hydrogen (secondary N) is 1. The lowest BCUT2D eigenvalue weighted by molar-refractivity contribution is -0.118. The van der Waals surface area contributed by atoms with E-state index in [1.165, 1.54) is 13.0 Å². The molecule has 1 amide bonds. The van der Waals surface area contributed by atoms with E-state index in [0.29, 0.717) is 18.0 Å². The summed E-state index contributed by atoms with van der Waals surface area (Å²) in [6.07, 6.45) is 1.76. The molecule has 0 saturated carbocycles. The first-order chi connectivity index (χ1) is 5.16. The molecule has 11 heavy (non-hydrogen) atoms. The molecule has 1 N–H and O–H groups in total. The van der Waals surface area contributed by atoms with Gasteiger partial charge in [0.05, 0.1) is 6.07 Å². The van der Waals surface area contributed by atoms with E-state index >= 15 is 0 Å². The van der Waals surface area contributed by atoms with Crippen molar-refractivity contribution >= 4 is 17.5 Å². The lowest BCUT2D eigenvalue weighted by atomic mass is 10.3. The summed E-state index contributed by atoms with van der Waals surface area (Å²) in [4.78, 5) is 10.3. The Bertz CT molecular complexity index is 205. The fourth-order valence-corrected chi connectivity index (χ4v) is 0.643. The summed E-state index contributed by atoms with van der Waals surface area (Å²) in [5, 5.41) is 11.2. The highest BCUT2D eigenvalue weighted by Gasteiger charge is 1.93. The van der Waals surface area contributed by atoms with Gasteiger partial charge in [0.2, 0.25) is 5.91 Å². The zero-order chi connectivity index (χ0) is 8.69. The average Bonchev–Trinajstić information content (AvgIpc) is 1.87. The van der Waals surface area contributed by atoms with Gasteiger partial charge >= 0.3 is 0 Å². The molecular weight excluding hydrogens is 164 g/mol. The van der Waals surface area contributed by atoms with Crippen molar-refractivity contribution in [2.75, 3.05) is 6.54 Å². The molecule has 0 aliphatic rings. The normalized spacial score (nSPS) is 10.5. The molecule has 60 valence electrons. The van der Waals surface area contributed by atoms with Crippen LogP contribution in [0.4, 0.5) is 0 Å². The van der Waals surface area contributed by atoms with Crippen LogP contribution in [-0.2, 0) is 4.79 Å². The van der Waals surface area contributed by atoms with E-state index in [1.54, 1.807) is 6.07 Å². The number of amides is 1. The maximum atomic E-state index is 10.3. The Morgan fingerprint density at radius 2 is 2.45 bits per heavy atom. The third-order valence-corrected chi connectivity index (χ3v) is 1.26. The summed E-state index contributed by atoms with van der Waals surface area (Å²) in [7, 11) is 0. The van der Waals surface area contributed by atoms with E-state index in [0.717, 1.165) is 0 Å². The van der Waals surface area contributed by atoms with Gasteiger partial charge in [-0.25, -0.2) is 0 Å². The third-order valence-electron chi connectivity index (χ3n) is 0.959. The standard InChI is InChI=1S/C7H9ClN2O/c1-6(11)10-5-3-7(8)2-4-9/h2H,3,5H2,1H3,(H,10,11)/b7-2+. The SMILES string of the molecule is CC(=O)NCC/C(Cl)=C\C#N. The molecule has 0 unspecified atom stereocenters. The van der Waals surface area contributed by atoms with Crippen LogP contribution in [0.25, 0.3) is 0 Å². The highest BCUT2D eigenvalue weighted by Crippen LogP contribution is 2.04. The van der Waals surface area contributed by atoms with Gasteiger partial charge in [-0.05, 0) is 0 Å². The molecule has 0 atom stereocenters. The Kier molecular flexibility index (Phi) is 5.22. The molecule has 0 bridgehead atoms. The van der Waals surface area contributed by atoms with Gasteiger partial charge in [-0.3, -0.25) is 4.79 Å². The molecule has 0 radical (unpaired) electrons. The highest BCUT2D eigenvalue weighted by molar-refractivity contribution is 6.29. The number of nitriles is 1. The quantitative estimate of drug-likeness (QED) is 0.650. The number of carbonyl (C=O) groups is 1. The van der Waals surface area contributed by atoms with Crippen molar-refractivity contribution in [1.82, 2.24) is 5.32 Å². The number of hydrogen-bond acceptors (Lipinski definition) is 2. The lowest BCUT2D eigenvalue weighted by Crippen LogP contribution is -2.20. The van der Waals surface area contributed by atoms with Gasteiger partial charge in [-0.1, -0.05) is 11.6 Å². The molecule has 0 aromatic rings. The van der Waals surface area contributed by atoms with Crippen LogP contribution in [0.1, 0.15) is 13.3 Å². The van der Waals surface area contributed by atoms with E-state index in [9.17, 15) is 4.79 Å². The first kappa shape index (κ1) is 9.99. The number of rotatable bonds is 3. The van der Waals surface area contributed by atoms with Crippen LogP contribution < -0.4 is 5.32 Å². The fraction of sp³-hybridized carbons (Fsp3) is 0.429. The summed E-state index contributed by atoms with van der Waals surface area (Å²) in [5.74, 6) is -0.0913. The Morgan fingerprint density at radius 3 is 2.91 bits per heavy atom. The van der Waals surface area contributed by atoms with E-state index in [4.69, 9.17) is 16.9 Å². The molecule has 0 saturated heterocycles. The molecule has 3 nitrogen and oxygen atoms in total. The van der Waals surface area contributed by atoms with Crippen molar-refractivity contribution in [3.8, 4) is 6.07 Å². The maximum Gasteiger partial charge on any atom is 0.216 e. The van der Waals surface area contributed by atoms with Crippen molar-refractivity contribution in [1.29, 1.82) is 5.26 Å². The summed E-state index contributed by atoms with van der Waals surface area (Å²) in [6, 6.07) is 1.80. The van der Waals surface area contributed by atoms with Gasteiger partial charge in [0.15, 0.2) is 0 Å². The van der Waals surface area contributed by atoms with Gasteiger partial charge in [0.25, 0.3) is 0 Å². The molecule has 0 aromatic heterocycles. The minimum Gasteiger partial charge on any atom is -0.356 e. The first-order valence-corrected chi connectivity index (χ1v) is 3.53. The van der Waals surface area contributed by atoms with Crippen molar-refractivity contribution in [3.05, 3.63) is 11.1 Å². The summed E-state index contributed by atoms with van der Waals surface area (Å²) >= 11 is 5.55. The first-order valence-electron chi connectivity index (χ1n) is 3.15. The van der Waals surface area contributed by atoms with Crippen molar-refractivity contribution in [2.24, 2.45) is 0 Å². The van der Waals surface area contributed by atoms with Gasteiger partial charge < -0.3 is 5.32 Å². The molecule has 0 aliphatic heterocycles. The number of halogens is 1.